The molecular weight excluding hydrogens is 412 g/mol. The number of unbranched alkanes of at least 4 members (excludes halogenated alkanes) is 26. The smallest absolute Gasteiger partial charge is 0.132 e. The molecule has 0 bridgehead atoms. The third-order valence-corrected chi connectivity index (χ3v) is 7.62. The van der Waals surface area contributed by atoms with Crippen LogP contribution in [0.5, 0.6) is 0 Å². The van der Waals surface area contributed by atoms with Crippen LogP contribution in [0.25, 0.3) is 0 Å². The zero-order chi connectivity index (χ0) is 24.8. The van der Waals surface area contributed by atoms with Crippen molar-refractivity contribution in [2.45, 2.75) is 206 Å². The first-order valence-electron chi connectivity index (χ1n) is 16.3. The fraction of sp³-hybridized carbons (Fsp3) is 0.970. The van der Waals surface area contributed by atoms with Gasteiger partial charge in [-0.3, -0.25) is 4.79 Å². The zero-order valence-corrected chi connectivity index (χ0v) is 24.1. The maximum Gasteiger partial charge on any atom is 0.132 e. The summed E-state index contributed by atoms with van der Waals surface area (Å²) in [6, 6.07) is 0. The van der Waals surface area contributed by atoms with E-state index in [-0.39, 0.29) is 0 Å². The largest absolute Gasteiger partial charge is 0.300 e. The minimum Gasteiger partial charge on any atom is -0.300 e. The molecule has 0 aromatic heterocycles. The van der Waals surface area contributed by atoms with Gasteiger partial charge in [0.05, 0.1) is 0 Å². The second-order valence-corrected chi connectivity index (χ2v) is 11.2. The van der Waals surface area contributed by atoms with E-state index in [9.17, 15) is 4.79 Å². The molecule has 0 aromatic rings. The molecule has 0 radical (unpaired) electrons. The molecule has 34 heavy (non-hydrogen) atoms. The fourth-order valence-corrected chi connectivity index (χ4v) is 5.16. The van der Waals surface area contributed by atoms with E-state index in [1.807, 2.05) is 0 Å². The summed E-state index contributed by atoms with van der Waals surface area (Å²) in [7, 11) is 0. The van der Waals surface area contributed by atoms with Gasteiger partial charge >= 0.3 is 0 Å². The molecular formula is C33H66O. The van der Waals surface area contributed by atoms with E-state index >= 15 is 0 Å². The molecule has 0 aliphatic carbocycles. The maximum absolute atomic E-state index is 12.1. The highest BCUT2D eigenvalue weighted by Gasteiger charge is 2.02. The number of hydrogen-bond acceptors (Lipinski definition) is 1. The van der Waals surface area contributed by atoms with E-state index in [0.717, 1.165) is 25.7 Å². The number of ketones is 1. The van der Waals surface area contributed by atoms with Crippen LogP contribution in [0, 0.1) is 0 Å². The molecule has 0 unspecified atom stereocenters. The van der Waals surface area contributed by atoms with Crippen LogP contribution in [-0.2, 0) is 4.79 Å². The molecule has 0 spiro atoms. The van der Waals surface area contributed by atoms with Gasteiger partial charge in [-0.25, -0.2) is 0 Å². The third kappa shape index (κ3) is 29.7. The molecule has 0 amide bonds. The van der Waals surface area contributed by atoms with Crippen LogP contribution >= 0.6 is 0 Å². The molecule has 0 atom stereocenters. The highest BCUT2D eigenvalue weighted by atomic mass is 16.1. The van der Waals surface area contributed by atoms with Gasteiger partial charge in [0.1, 0.15) is 5.78 Å². The molecule has 0 rings (SSSR count). The quantitative estimate of drug-likeness (QED) is 0.0938. The zero-order valence-electron chi connectivity index (χ0n) is 24.1. The topological polar surface area (TPSA) is 17.1 Å². The molecule has 1 heteroatoms. The predicted octanol–water partition coefficient (Wildman–Crippen LogP) is 12.3. The first kappa shape index (κ1) is 33.7. The number of hydrogen-bond donors (Lipinski definition) is 0. The summed E-state index contributed by atoms with van der Waals surface area (Å²) in [4.78, 5) is 12.1. The highest BCUT2D eigenvalue weighted by molar-refractivity contribution is 5.78. The van der Waals surface area contributed by atoms with Crippen LogP contribution in [0.15, 0.2) is 0 Å². The SMILES string of the molecule is CCCCCCCCCCCCCCCCCC(=O)CCCCCCCCCCCCCCC. The lowest BCUT2D eigenvalue weighted by atomic mass is 10.0. The summed E-state index contributed by atoms with van der Waals surface area (Å²) in [6.07, 6.45) is 40.5. The lowest BCUT2D eigenvalue weighted by Gasteiger charge is -2.04. The molecule has 0 saturated heterocycles. The first-order valence-corrected chi connectivity index (χ1v) is 16.3. The Morgan fingerprint density at radius 1 is 0.294 bits per heavy atom. The molecule has 0 aliphatic heterocycles. The Hall–Kier alpha value is -0.330. The maximum atomic E-state index is 12.1. The molecule has 0 aliphatic rings. The van der Waals surface area contributed by atoms with E-state index in [1.54, 1.807) is 0 Å². The van der Waals surface area contributed by atoms with Crippen molar-refractivity contribution in [3.63, 3.8) is 0 Å². The summed E-state index contributed by atoms with van der Waals surface area (Å²) in [5, 5.41) is 0. The van der Waals surface area contributed by atoms with Crippen molar-refractivity contribution < 1.29 is 4.79 Å². The second-order valence-electron chi connectivity index (χ2n) is 11.2. The van der Waals surface area contributed by atoms with E-state index < -0.39 is 0 Å². The van der Waals surface area contributed by atoms with Gasteiger partial charge in [0.15, 0.2) is 0 Å². The fourth-order valence-electron chi connectivity index (χ4n) is 5.16. The highest BCUT2D eigenvalue weighted by Crippen LogP contribution is 2.15. The Labute approximate surface area is 217 Å². The van der Waals surface area contributed by atoms with Gasteiger partial charge < -0.3 is 0 Å². The van der Waals surface area contributed by atoms with Gasteiger partial charge in [0.2, 0.25) is 0 Å². The Bertz CT molecular complexity index is 375. The summed E-state index contributed by atoms with van der Waals surface area (Å²) in [5.74, 6) is 0.526. The standard InChI is InChI=1S/C33H66O/c1-3-5-7-9-11-13-15-17-18-20-22-24-26-28-30-32-33(34)31-29-27-25-23-21-19-16-14-12-10-8-6-4-2/h3-32H2,1-2H3. The third-order valence-electron chi connectivity index (χ3n) is 7.62. The Kier molecular flexibility index (Phi) is 30.4. The van der Waals surface area contributed by atoms with Crippen molar-refractivity contribution in [1.82, 2.24) is 0 Å². The Balaban J connectivity index is 3.14. The summed E-state index contributed by atoms with van der Waals surface area (Å²) >= 11 is 0. The molecule has 0 N–H and O–H groups in total. The van der Waals surface area contributed by atoms with Crippen molar-refractivity contribution in [1.29, 1.82) is 0 Å². The van der Waals surface area contributed by atoms with E-state index in [0.29, 0.717) is 5.78 Å². The lowest BCUT2D eigenvalue weighted by Crippen LogP contribution is -1.97. The van der Waals surface area contributed by atoms with Gasteiger partial charge in [0.25, 0.3) is 0 Å². The first-order chi connectivity index (χ1) is 16.8. The molecule has 0 saturated carbocycles. The van der Waals surface area contributed by atoms with Crippen molar-refractivity contribution in [3.8, 4) is 0 Å². The van der Waals surface area contributed by atoms with Crippen LogP contribution in [0.3, 0.4) is 0 Å². The number of carbonyl (C=O) groups is 1. The van der Waals surface area contributed by atoms with Gasteiger partial charge in [-0.1, -0.05) is 181 Å². The number of Topliss-reactive ketones (excluding diaryl/α,β-unsaturated/α-hetero) is 1. The summed E-state index contributed by atoms with van der Waals surface area (Å²) in [5.41, 5.74) is 0. The van der Waals surface area contributed by atoms with Crippen molar-refractivity contribution in [3.05, 3.63) is 0 Å². The van der Waals surface area contributed by atoms with Crippen LogP contribution in [0.2, 0.25) is 0 Å². The predicted molar refractivity (Wildman–Crippen MR) is 155 cm³/mol. The average molecular weight is 479 g/mol. The second kappa shape index (κ2) is 30.7. The van der Waals surface area contributed by atoms with Gasteiger partial charge in [-0.05, 0) is 12.8 Å². The van der Waals surface area contributed by atoms with Gasteiger partial charge in [-0.2, -0.15) is 0 Å². The monoisotopic (exact) mass is 479 g/mol. The molecule has 1 nitrogen and oxygen atoms in total. The van der Waals surface area contributed by atoms with Gasteiger partial charge in [0, 0.05) is 12.8 Å². The Morgan fingerprint density at radius 3 is 0.676 bits per heavy atom. The van der Waals surface area contributed by atoms with Crippen molar-refractivity contribution in [2.75, 3.05) is 0 Å². The van der Waals surface area contributed by atoms with Crippen LogP contribution in [-0.4, -0.2) is 5.78 Å². The minimum absolute atomic E-state index is 0.526. The molecule has 204 valence electrons. The summed E-state index contributed by atoms with van der Waals surface area (Å²) < 4.78 is 0. The number of carbonyl (C=O) groups excluding carboxylic acids is 1. The average Bonchev–Trinajstić information content (AvgIpc) is 2.84. The minimum atomic E-state index is 0.526. The molecule has 0 heterocycles. The molecule has 0 aromatic carbocycles. The lowest BCUT2D eigenvalue weighted by molar-refractivity contribution is -0.119. The van der Waals surface area contributed by atoms with Crippen LogP contribution < -0.4 is 0 Å². The van der Waals surface area contributed by atoms with Crippen molar-refractivity contribution in [2.24, 2.45) is 0 Å². The number of rotatable bonds is 30. The van der Waals surface area contributed by atoms with Crippen molar-refractivity contribution >= 4 is 5.78 Å². The normalized spacial score (nSPS) is 11.4. The van der Waals surface area contributed by atoms with E-state index in [1.165, 1.54) is 167 Å². The van der Waals surface area contributed by atoms with Crippen LogP contribution in [0.1, 0.15) is 206 Å². The van der Waals surface area contributed by atoms with Crippen LogP contribution in [0.4, 0.5) is 0 Å². The summed E-state index contributed by atoms with van der Waals surface area (Å²) in [6.45, 7) is 4.58. The van der Waals surface area contributed by atoms with E-state index in [4.69, 9.17) is 0 Å². The van der Waals surface area contributed by atoms with Gasteiger partial charge in [-0.15, -0.1) is 0 Å². The van der Waals surface area contributed by atoms with E-state index in [2.05, 4.69) is 13.8 Å². The Morgan fingerprint density at radius 2 is 0.471 bits per heavy atom. The molecule has 0 fully saturated rings.